The molecule has 0 saturated carbocycles. The normalized spacial score (nSPS) is 12.2. The van der Waals surface area contributed by atoms with Crippen molar-refractivity contribution in [3.8, 4) is 11.5 Å². The number of hydrogen-bond acceptors (Lipinski definition) is 2. The number of aryl methyl sites for hydroxylation is 1. The molecule has 21 heavy (non-hydrogen) atoms. The van der Waals surface area contributed by atoms with Gasteiger partial charge in [0, 0.05) is 11.1 Å². The predicted molar refractivity (Wildman–Crippen MR) is 84.8 cm³/mol. The smallest absolute Gasteiger partial charge is 0.130 e. The second-order valence-electron chi connectivity index (χ2n) is 4.97. The van der Waals surface area contributed by atoms with Crippen molar-refractivity contribution in [1.82, 2.24) is 5.32 Å². The maximum Gasteiger partial charge on any atom is 0.130 e. The molecule has 0 fully saturated rings. The van der Waals surface area contributed by atoms with Crippen LogP contribution in [-0.2, 0) is 0 Å². The average Bonchev–Trinajstić information content (AvgIpc) is 2.42. The Morgan fingerprint density at radius 2 is 2.00 bits per heavy atom. The zero-order chi connectivity index (χ0) is 15.4. The maximum absolute atomic E-state index is 13.1. The van der Waals surface area contributed by atoms with E-state index in [0.717, 1.165) is 17.7 Å². The number of nitrogens with one attached hydrogen (secondary N) is 1. The van der Waals surface area contributed by atoms with Gasteiger partial charge in [0.1, 0.15) is 17.3 Å². The Labute approximate surface area is 129 Å². The lowest BCUT2D eigenvalue weighted by molar-refractivity contribution is 0.476. The summed E-state index contributed by atoms with van der Waals surface area (Å²) in [6.07, 6.45) is 0. The second kappa shape index (κ2) is 6.92. The van der Waals surface area contributed by atoms with Crippen LogP contribution in [-0.4, -0.2) is 6.54 Å². The van der Waals surface area contributed by atoms with Crippen LogP contribution in [0, 0.1) is 12.7 Å². The summed E-state index contributed by atoms with van der Waals surface area (Å²) in [6, 6.07) is 10.2. The molecular weight excluding hydrogens is 289 g/mol. The molecule has 2 aromatic carbocycles. The van der Waals surface area contributed by atoms with Crippen LogP contribution >= 0.6 is 11.6 Å². The Morgan fingerprint density at radius 3 is 2.62 bits per heavy atom. The van der Waals surface area contributed by atoms with Crippen molar-refractivity contribution < 1.29 is 9.13 Å². The molecule has 0 aromatic heterocycles. The van der Waals surface area contributed by atoms with Crippen molar-refractivity contribution in [1.29, 1.82) is 0 Å². The summed E-state index contributed by atoms with van der Waals surface area (Å²) in [4.78, 5) is 0. The molecule has 0 saturated heterocycles. The first-order valence-electron chi connectivity index (χ1n) is 6.98. The third kappa shape index (κ3) is 3.96. The van der Waals surface area contributed by atoms with Gasteiger partial charge in [-0.05, 0) is 61.9 Å². The Hall–Kier alpha value is -1.58. The largest absolute Gasteiger partial charge is 0.457 e. The van der Waals surface area contributed by atoms with Crippen molar-refractivity contribution >= 4 is 11.6 Å². The lowest BCUT2D eigenvalue weighted by atomic mass is 10.1. The quantitative estimate of drug-likeness (QED) is 0.814. The summed E-state index contributed by atoms with van der Waals surface area (Å²) in [6.45, 7) is 6.81. The van der Waals surface area contributed by atoms with Gasteiger partial charge in [-0.2, -0.15) is 0 Å². The lowest BCUT2D eigenvalue weighted by Crippen LogP contribution is -2.17. The summed E-state index contributed by atoms with van der Waals surface area (Å²) < 4.78 is 18.8. The predicted octanol–water partition coefficient (Wildman–Crippen LogP) is 5.25. The second-order valence-corrected chi connectivity index (χ2v) is 5.38. The topological polar surface area (TPSA) is 21.3 Å². The van der Waals surface area contributed by atoms with E-state index in [1.165, 1.54) is 12.1 Å². The van der Waals surface area contributed by atoms with Crippen LogP contribution in [0.5, 0.6) is 11.5 Å². The molecule has 0 aliphatic carbocycles. The van der Waals surface area contributed by atoms with Gasteiger partial charge in [-0.25, -0.2) is 4.39 Å². The first kappa shape index (κ1) is 15.8. The van der Waals surface area contributed by atoms with E-state index in [1.54, 1.807) is 12.1 Å². The lowest BCUT2D eigenvalue weighted by Gasteiger charge is -2.16. The highest BCUT2D eigenvalue weighted by Gasteiger charge is 2.10. The third-order valence-corrected chi connectivity index (χ3v) is 3.64. The monoisotopic (exact) mass is 307 g/mol. The molecule has 0 aliphatic heterocycles. The Bertz CT molecular complexity index is 630. The number of hydrogen-bond donors (Lipinski definition) is 1. The Morgan fingerprint density at radius 1 is 1.24 bits per heavy atom. The van der Waals surface area contributed by atoms with Gasteiger partial charge in [-0.15, -0.1) is 0 Å². The van der Waals surface area contributed by atoms with Gasteiger partial charge in [-0.3, -0.25) is 0 Å². The first-order chi connectivity index (χ1) is 10.0. The van der Waals surface area contributed by atoms with Crippen LogP contribution in [0.3, 0.4) is 0 Å². The molecule has 0 amide bonds. The van der Waals surface area contributed by atoms with E-state index < -0.39 is 0 Å². The number of rotatable bonds is 5. The van der Waals surface area contributed by atoms with Gasteiger partial charge >= 0.3 is 0 Å². The Kier molecular flexibility index (Phi) is 5.21. The molecule has 0 spiro atoms. The molecule has 1 N–H and O–H groups in total. The van der Waals surface area contributed by atoms with E-state index in [-0.39, 0.29) is 11.9 Å². The van der Waals surface area contributed by atoms with E-state index in [2.05, 4.69) is 19.2 Å². The minimum atomic E-state index is -0.271. The molecule has 0 radical (unpaired) electrons. The first-order valence-corrected chi connectivity index (χ1v) is 7.36. The molecule has 4 heteroatoms. The molecule has 2 rings (SSSR count). The number of benzene rings is 2. The summed E-state index contributed by atoms with van der Waals surface area (Å²) >= 11 is 6.31. The van der Waals surface area contributed by atoms with Crippen molar-refractivity contribution in [3.63, 3.8) is 0 Å². The van der Waals surface area contributed by atoms with Gasteiger partial charge in [0.25, 0.3) is 0 Å². The maximum atomic E-state index is 13.1. The molecule has 0 heterocycles. The summed E-state index contributed by atoms with van der Waals surface area (Å²) in [5, 5.41) is 3.97. The van der Waals surface area contributed by atoms with E-state index >= 15 is 0 Å². The summed E-state index contributed by atoms with van der Waals surface area (Å²) in [7, 11) is 0. The van der Waals surface area contributed by atoms with Crippen LogP contribution in [0.25, 0.3) is 0 Å². The SMILES string of the molecule is CCNC(C)c1ccc(Oc2ccc(F)cc2C)cc1Cl. The molecular formula is C17H19ClFNO. The van der Waals surface area contributed by atoms with E-state index in [9.17, 15) is 4.39 Å². The van der Waals surface area contributed by atoms with Gasteiger partial charge in [0.2, 0.25) is 0 Å². The van der Waals surface area contributed by atoms with Gasteiger partial charge in [-0.1, -0.05) is 24.6 Å². The van der Waals surface area contributed by atoms with Gasteiger partial charge in [0.15, 0.2) is 0 Å². The van der Waals surface area contributed by atoms with Crippen molar-refractivity contribution in [3.05, 3.63) is 58.4 Å². The van der Waals surface area contributed by atoms with Gasteiger partial charge < -0.3 is 10.1 Å². The van der Waals surface area contributed by atoms with E-state index in [0.29, 0.717) is 16.5 Å². The average molecular weight is 308 g/mol. The minimum Gasteiger partial charge on any atom is -0.457 e. The highest BCUT2D eigenvalue weighted by atomic mass is 35.5. The summed E-state index contributed by atoms with van der Waals surface area (Å²) in [5.41, 5.74) is 1.78. The highest BCUT2D eigenvalue weighted by molar-refractivity contribution is 6.31. The Balaban J connectivity index is 2.20. The van der Waals surface area contributed by atoms with Crippen LogP contribution in [0.1, 0.15) is 31.0 Å². The van der Waals surface area contributed by atoms with Crippen molar-refractivity contribution in [2.45, 2.75) is 26.8 Å². The number of ether oxygens (including phenoxy) is 1. The van der Waals surface area contributed by atoms with E-state index in [4.69, 9.17) is 16.3 Å². The molecule has 1 atom stereocenters. The molecule has 2 nitrogen and oxygen atoms in total. The standard InChI is InChI=1S/C17H19ClFNO/c1-4-20-12(3)15-7-6-14(10-16(15)18)21-17-8-5-13(19)9-11(17)2/h5-10,12,20H,4H2,1-3H3. The van der Waals surface area contributed by atoms with Gasteiger partial charge in [0.05, 0.1) is 0 Å². The fourth-order valence-corrected chi connectivity index (χ4v) is 2.53. The zero-order valence-corrected chi connectivity index (χ0v) is 13.2. The van der Waals surface area contributed by atoms with Crippen molar-refractivity contribution in [2.75, 3.05) is 6.54 Å². The molecule has 112 valence electrons. The molecule has 0 aliphatic rings. The van der Waals surface area contributed by atoms with Crippen LogP contribution in [0.4, 0.5) is 4.39 Å². The van der Waals surface area contributed by atoms with E-state index in [1.807, 2.05) is 19.1 Å². The molecule has 1 unspecified atom stereocenters. The van der Waals surface area contributed by atoms with Crippen LogP contribution in [0.15, 0.2) is 36.4 Å². The molecule has 2 aromatic rings. The highest BCUT2D eigenvalue weighted by Crippen LogP contribution is 2.31. The molecule has 0 bridgehead atoms. The van der Waals surface area contributed by atoms with Crippen LogP contribution < -0.4 is 10.1 Å². The fourth-order valence-electron chi connectivity index (χ4n) is 2.19. The minimum absolute atomic E-state index is 0.184. The van der Waals surface area contributed by atoms with Crippen molar-refractivity contribution in [2.24, 2.45) is 0 Å². The van der Waals surface area contributed by atoms with Crippen LogP contribution in [0.2, 0.25) is 5.02 Å². The fraction of sp³-hybridized carbons (Fsp3) is 0.294. The summed E-state index contributed by atoms with van der Waals surface area (Å²) in [5.74, 6) is 0.995. The number of halogens is 2. The third-order valence-electron chi connectivity index (χ3n) is 3.31. The zero-order valence-electron chi connectivity index (χ0n) is 12.4.